The first-order chi connectivity index (χ1) is 34.4. The Balaban J connectivity index is 4.05. The number of carbonyl (C=O) groups excluding carboxylic acids is 1. The van der Waals surface area contributed by atoms with Gasteiger partial charge in [0.1, 0.15) is 6.10 Å². The summed E-state index contributed by atoms with van der Waals surface area (Å²) in [4.78, 5) is 22.7. The molecule has 0 spiro atoms. The zero-order valence-electron chi connectivity index (χ0n) is 44.2. The Morgan fingerprint density at radius 2 is 0.757 bits per heavy atom. The molecule has 0 aromatic carbocycles. The van der Waals surface area contributed by atoms with Crippen LogP contribution in [0.2, 0.25) is 0 Å². The molecule has 70 heavy (non-hydrogen) atoms. The summed E-state index contributed by atoms with van der Waals surface area (Å²) in [7, 11) is -4.31. The Kier molecular flexibility index (Phi) is 53.4. The van der Waals surface area contributed by atoms with E-state index in [1.54, 1.807) is 0 Å². The number of phosphoric ester groups is 1. The number of allylic oxidation sites excluding steroid dienone is 24. The summed E-state index contributed by atoms with van der Waals surface area (Å²) in [5, 5.41) is 0. The number of carbonyl (C=O) groups is 1. The maximum absolute atomic E-state index is 12.7. The van der Waals surface area contributed by atoms with Crippen molar-refractivity contribution >= 4 is 13.8 Å². The van der Waals surface area contributed by atoms with E-state index >= 15 is 0 Å². The number of ether oxygens (including phenoxy) is 2. The summed E-state index contributed by atoms with van der Waals surface area (Å²) in [6.07, 6.45) is 81.7. The molecule has 0 radical (unpaired) electrons. The van der Waals surface area contributed by atoms with Crippen molar-refractivity contribution in [2.45, 2.75) is 200 Å². The average molecular weight is 990 g/mol. The molecule has 0 aliphatic rings. The number of hydrogen-bond donors (Lipinski definition) is 2. The van der Waals surface area contributed by atoms with E-state index in [2.05, 4.69) is 160 Å². The van der Waals surface area contributed by atoms with Crippen molar-refractivity contribution in [1.82, 2.24) is 0 Å². The van der Waals surface area contributed by atoms with Crippen LogP contribution in [0, 0.1) is 0 Å². The van der Waals surface area contributed by atoms with E-state index < -0.39 is 13.9 Å². The maximum atomic E-state index is 12.7. The monoisotopic (exact) mass is 990 g/mol. The van der Waals surface area contributed by atoms with Crippen molar-refractivity contribution in [1.29, 1.82) is 0 Å². The highest BCUT2D eigenvalue weighted by atomic mass is 31.2. The van der Waals surface area contributed by atoms with Gasteiger partial charge in [0.05, 0.1) is 19.8 Å². The lowest BCUT2D eigenvalue weighted by molar-refractivity contribution is -0.154. The maximum Gasteiger partial charge on any atom is 0.472 e. The molecule has 9 heteroatoms. The molecule has 0 aromatic heterocycles. The molecule has 8 nitrogen and oxygen atoms in total. The number of phosphoric acid groups is 1. The molecule has 0 aliphatic heterocycles. The van der Waals surface area contributed by atoms with E-state index in [1.165, 1.54) is 38.5 Å². The van der Waals surface area contributed by atoms with Gasteiger partial charge in [0, 0.05) is 19.6 Å². The Morgan fingerprint density at radius 3 is 1.13 bits per heavy atom. The van der Waals surface area contributed by atoms with Crippen molar-refractivity contribution < 1.29 is 32.8 Å². The molecule has 2 unspecified atom stereocenters. The van der Waals surface area contributed by atoms with Crippen molar-refractivity contribution in [3.63, 3.8) is 0 Å². The zero-order chi connectivity index (χ0) is 50.8. The predicted molar refractivity (Wildman–Crippen MR) is 302 cm³/mol. The van der Waals surface area contributed by atoms with Crippen LogP contribution in [0.25, 0.3) is 0 Å². The standard InChI is InChI=1S/C61H100NO7P/c1-3-5-7-9-11-13-15-17-19-21-23-25-27-29-31-33-35-37-39-41-43-45-47-49-51-53-56-66-58-60(59-68-70(64,65)67-57-55-62)69-61(63)54-52-50-48-46-44-42-40-38-36-34-32-30-28-26-24-22-20-18-16-14-12-10-8-6-4-2/h5-8,11-14,17-20,23-26,29-32,35-38,60H,3-4,9-10,15-16,21-22,27-28,33-34,39-59,62H2,1-2H3,(H,64,65)/b7-5-,8-6-,13-11-,14-12-,19-17-,20-18-,25-23-,26-24-,31-29-,32-30-,37-35-,38-36-. The van der Waals surface area contributed by atoms with Crippen LogP contribution in [0.3, 0.4) is 0 Å². The van der Waals surface area contributed by atoms with Gasteiger partial charge in [0.15, 0.2) is 0 Å². The Morgan fingerprint density at radius 1 is 0.429 bits per heavy atom. The molecular formula is C61H100NO7P. The fourth-order valence-electron chi connectivity index (χ4n) is 6.83. The minimum atomic E-state index is -4.31. The smallest absolute Gasteiger partial charge is 0.457 e. The van der Waals surface area contributed by atoms with Gasteiger partial charge >= 0.3 is 13.8 Å². The SMILES string of the molecule is CC/C=C\C/C=C\C/C=C\C/C=C\C/C=C\C/C=C\CCCCCCCCCOCC(COP(=O)(O)OCCN)OC(=O)CCCCCCCC/C=C\C/C=C\C/C=C\C/C=C\C/C=C\C/C=C\CC. The van der Waals surface area contributed by atoms with Crippen molar-refractivity contribution in [3.8, 4) is 0 Å². The number of hydrogen-bond acceptors (Lipinski definition) is 7. The van der Waals surface area contributed by atoms with Gasteiger partial charge in [-0.2, -0.15) is 0 Å². The van der Waals surface area contributed by atoms with Gasteiger partial charge in [0.2, 0.25) is 0 Å². The lowest BCUT2D eigenvalue weighted by Crippen LogP contribution is -2.28. The molecule has 0 amide bonds. The van der Waals surface area contributed by atoms with Crippen LogP contribution in [-0.2, 0) is 27.9 Å². The molecule has 0 heterocycles. The lowest BCUT2D eigenvalue weighted by Gasteiger charge is -2.20. The van der Waals surface area contributed by atoms with Crippen LogP contribution in [0.5, 0.6) is 0 Å². The Bertz CT molecular complexity index is 1580. The highest BCUT2D eigenvalue weighted by molar-refractivity contribution is 7.47. The summed E-state index contributed by atoms with van der Waals surface area (Å²) >= 11 is 0. The normalized spacial score (nSPS) is 14.4. The van der Waals surface area contributed by atoms with Gasteiger partial charge in [-0.1, -0.05) is 217 Å². The first-order valence-electron chi connectivity index (χ1n) is 27.3. The fraction of sp³-hybridized carbons (Fsp3) is 0.590. The van der Waals surface area contributed by atoms with Gasteiger partial charge in [-0.15, -0.1) is 0 Å². The first-order valence-corrected chi connectivity index (χ1v) is 28.8. The molecule has 0 saturated heterocycles. The number of nitrogens with two attached hydrogens (primary N) is 1. The third kappa shape index (κ3) is 55.3. The van der Waals surface area contributed by atoms with Crippen molar-refractivity contribution in [3.05, 3.63) is 146 Å². The Hall–Kier alpha value is -3.62. The average Bonchev–Trinajstić information content (AvgIpc) is 3.35. The van der Waals surface area contributed by atoms with Crippen molar-refractivity contribution in [2.75, 3.05) is 33.0 Å². The lowest BCUT2D eigenvalue weighted by atomic mass is 10.1. The quantitative estimate of drug-likeness (QED) is 0.0268. The van der Waals surface area contributed by atoms with Crippen LogP contribution in [-0.4, -0.2) is 49.9 Å². The second-order valence-electron chi connectivity index (χ2n) is 17.3. The largest absolute Gasteiger partial charge is 0.472 e. The van der Waals surface area contributed by atoms with Crippen molar-refractivity contribution in [2.24, 2.45) is 5.73 Å². The molecule has 0 saturated carbocycles. The molecule has 2 atom stereocenters. The van der Waals surface area contributed by atoms with Crippen LogP contribution < -0.4 is 5.73 Å². The summed E-state index contributed by atoms with van der Waals surface area (Å²) in [5.41, 5.74) is 5.40. The summed E-state index contributed by atoms with van der Waals surface area (Å²) in [5.74, 6) is -0.355. The molecule has 0 aliphatic carbocycles. The highest BCUT2D eigenvalue weighted by Gasteiger charge is 2.25. The topological polar surface area (TPSA) is 117 Å². The van der Waals surface area contributed by atoms with E-state index in [9.17, 15) is 14.3 Å². The van der Waals surface area contributed by atoms with E-state index in [0.717, 1.165) is 135 Å². The third-order valence-electron chi connectivity index (χ3n) is 10.8. The molecular weight excluding hydrogens is 890 g/mol. The predicted octanol–water partition coefficient (Wildman–Crippen LogP) is 17.6. The minimum absolute atomic E-state index is 0.0865. The van der Waals surface area contributed by atoms with Gasteiger partial charge < -0.3 is 20.1 Å². The number of esters is 1. The fourth-order valence-corrected chi connectivity index (χ4v) is 7.59. The van der Waals surface area contributed by atoms with E-state index in [1.807, 2.05) is 0 Å². The third-order valence-corrected chi connectivity index (χ3v) is 11.7. The molecule has 0 bridgehead atoms. The molecule has 0 aromatic rings. The molecule has 0 fully saturated rings. The van der Waals surface area contributed by atoms with Gasteiger partial charge in [-0.25, -0.2) is 4.57 Å². The second-order valence-corrected chi connectivity index (χ2v) is 18.8. The van der Waals surface area contributed by atoms with Crippen LogP contribution >= 0.6 is 7.82 Å². The van der Waals surface area contributed by atoms with Gasteiger partial charge in [-0.05, 0) is 116 Å². The number of unbranched alkanes of at least 4 members (excludes halogenated alkanes) is 13. The van der Waals surface area contributed by atoms with E-state index in [-0.39, 0.29) is 38.8 Å². The zero-order valence-corrected chi connectivity index (χ0v) is 45.1. The molecule has 3 N–H and O–H groups in total. The first kappa shape index (κ1) is 66.4. The van der Waals surface area contributed by atoms with Crippen LogP contribution in [0.15, 0.2) is 146 Å². The van der Waals surface area contributed by atoms with Crippen LogP contribution in [0.4, 0.5) is 0 Å². The highest BCUT2D eigenvalue weighted by Crippen LogP contribution is 2.43. The van der Waals surface area contributed by atoms with Gasteiger partial charge in [-0.3, -0.25) is 13.8 Å². The Labute approximate surface area is 429 Å². The van der Waals surface area contributed by atoms with Gasteiger partial charge in [0.25, 0.3) is 0 Å². The van der Waals surface area contributed by atoms with E-state index in [0.29, 0.717) is 6.61 Å². The van der Waals surface area contributed by atoms with Crippen LogP contribution in [0.1, 0.15) is 194 Å². The second kappa shape index (κ2) is 56.3. The minimum Gasteiger partial charge on any atom is -0.457 e. The summed E-state index contributed by atoms with van der Waals surface area (Å²) in [6, 6.07) is 0. The number of rotatable bonds is 50. The molecule has 0 rings (SSSR count). The van der Waals surface area contributed by atoms with E-state index in [4.69, 9.17) is 24.3 Å². The summed E-state index contributed by atoms with van der Waals surface area (Å²) in [6.45, 7) is 4.61. The molecule has 396 valence electrons. The summed E-state index contributed by atoms with van der Waals surface area (Å²) < 4.78 is 33.6.